The maximum Gasteiger partial charge on any atom is 0.0711 e. The molecular formula is C68H57N. The maximum atomic E-state index is 4.72. The third-order valence-electron chi connectivity index (χ3n) is 15.5. The minimum Gasteiger partial charge on any atom is -0.310 e. The fourth-order valence-electron chi connectivity index (χ4n) is 12.5. The Bertz CT molecular complexity index is 3440. The molecule has 69 heavy (non-hydrogen) atoms. The molecular weight excluding hydrogens is 831 g/mol. The Morgan fingerprint density at radius 3 is 1.72 bits per heavy atom. The minimum atomic E-state index is -0.580. The van der Waals surface area contributed by atoms with Gasteiger partial charge >= 0.3 is 0 Å². The lowest BCUT2D eigenvalue weighted by molar-refractivity contribution is 0.660. The van der Waals surface area contributed by atoms with Gasteiger partial charge in [-0.25, -0.2) is 0 Å². The lowest BCUT2D eigenvalue weighted by atomic mass is 9.67. The molecule has 0 fully saturated rings. The van der Waals surface area contributed by atoms with E-state index in [2.05, 4.69) is 271 Å². The molecule has 0 saturated heterocycles. The number of fused-ring (bicyclic) bond motifs is 7. The Balaban J connectivity index is 1.19. The molecule has 8 aromatic rings. The van der Waals surface area contributed by atoms with E-state index in [4.69, 9.17) is 6.58 Å². The molecule has 11 rings (SSSR count). The fourth-order valence-corrected chi connectivity index (χ4v) is 12.5. The Labute approximate surface area is 409 Å². The van der Waals surface area contributed by atoms with Gasteiger partial charge in [-0.1, -0.05) is 227 Å². The van der Waals surface area contributed by atoms with Gasteiger partial charge in [0.15, 0.2) is 0 Å². The number of hydrogen-bond donors (Lipinski definition) is 0. The molecule has 0 amide bonds. The highest BCUT2D eigenvalue weighted by Gasteiger charge is 2.49. The summed E-state index contributed by atoms with van der Waals surface area (Å²) in [5, 5.41) is 0. The van der Waals surface area contributed by atoms with Crippen LogP contribution in [0.15, 0.2) is 261 Å². The minimum absolute atomic E-state index is 0.196. The van der Waals surface area contributed by atoms with Gasteiger partial charge in [-0.2, -0.15) is 0 Å². The molecule has 0 heterocycles. The quantitative estimate of drug-likeness (QED) is 0.124. The first-order valence-corrected chi connectivity index (χ1v) is 24.3. The number of nitrogens with zero attached hydrogens (tertiary/aromatic N) is 1. The largest absolute Gasteiger partial charge is 0.310 e. The van der Waals surface area contributed by atoms with Gasteiger partial charge in [0.1, 0.15) is 0 Å². The van der Waals surface area contributed by atoms with Gasteiger partial charge in [0.05, 0.1) is 11.1 Å². The normalized spacial score (nSPS) is 18.3. The predicted octanol–water partition coefficient (Wildman–Crippen LogP) is 17.7. The molecule has 0 radical (unpaired) electrons. The lowest BCUT2D eigenvalue weighted by Gasteiger charge is -2.35. The molecule has 1 atom stereocenters. The molecule has 0 saturated carbocycles. The Morgan fingerprint density at radius 1 is 0.493 bits per heavy atom. The topological polar surface area (TPSA) is 3.24 Å². The van der Waals surface area contributed by atoms with Crippen LogP contribution in [0, 0.1) is 0 Å². The van der Waals surface area contributed by atoms with Crippen molar-refractivity contribution in [2.75, 3.05) is 4.90 Å². The Hall–Kier alpha value is -8.00. The molecule has 334 valence electrons. The van der Waals surface area contributed by atoms with Crippen LogP contribution >= 0.6 is 0 Å². The molecule has 1 unspecified atom stereocenters. The number of anilines is 2. The summed E-state index contributed by atoms with van der Waals surface area (Å²) in [4.78, 5) is 2.48. The molecule has 0 aliphatic heterocycles. The second-order valence-electron chi connectivity index (χ2n) is 19.2. The summed E-state index contributed by atoms with van der Waals surface area (Å²) >= 11 is 0. The van der Waals surface area contributed by atoms with Crippen LogP contribution < -0.4 is 4.90 Å². The second-order valence-corrected chi connectivity index (χ2v) is 19.2. The molecule has 8 aromatic carbocycles. The van der Waals surface area contributed by atoms with Crippen molar-refractivity contribution >= 4 is 16.9 Å². The summed E-state index contributed by atoms with van der Waals surface area (Å²) in [6.07, 6.45) is 12.8. The third-order valence-corrected chi connectivity index (χ3v) is 15.5. The van der Waals surface area contributed by atoms with E-state index in [0.717, 1.165) is 22.6 Å². The average molecular weight is 888 g/mol. The zero-order chi connectivity index (χ0) is 47.5. The molecule has 0 N–H and O–H groups in total. The summed E-state index contributed by atoms with van der Waals surface area (Å²) in [7, 11) is 0. The number of hydrogen-bond acceptors (Lipinski definition) is 1. The van der Waals surface area contributed by atoms with Gasteiger partial charge in [0.25, 0.3) is 0 Å². The van der Waals surface area contributed by atoms with E-state index in [9.17, 15) is 0 Å². The predicted molar refractivity (Wildman–Crippen MR) is 293 cm³/mol. The van der Waals surface area contributed by atoms with Crippen LogP contribution in [0.3, 0.4) is 0 Å². The highest BCUT2D eigenvalue weighted by atomic mass is 15.1. The molecule has 0 spiro atoms. The summed E-state index contributed by atoms with van der Waals surface area (Å²) in [6, 6.07) is 72.2. The highest BCUT2D eigenvalue weighted by Crippen LogP contribution is 2.60. The van der Waals surface area contributed by atoms with Crippen LogP contribution in [0.2, 0.25) is 0 Å². The third kappa shape index (κ3) is 6.37. The first-order valence-electron chi connectivity index (χ1n) is 24.3. The summed E-state index contributed by atoms with van der Waals surface area (Å²) in [6.45, 7) is 20.2. The molecule has 0 aromatic heterocycles. The standard InChI is InChI=1S/C68H57N/c1-8-12-28-47(9-2)67(7)59-39-23-20-35-55(59)64-52(37-26-41-61(64)67)46-27-25-33-50(44-46)69(51-42-43-54-53-34-19-22-38-58(53)66(5,6)62(54)45-51)63(11-4)65-56-36-21-24-40-60(56)68(57(65)10-3,48-29-15-13-16-30-48)49-31-17-14-18-32-49/h8-45H,1,4H2,2-3,5-7H3/b28-12-,47-9+,57-10+,65-63+. The SMILES string of the molecule is C=C/C=C\C(=C/C)C1(C)c2ccccc2-c2c(-c3cccc(N(/C(C=C)=C4/C(=C\C)C(c5ccccc5)(c5ccccc5)c5ccccc54)c4ccc5c(c4)C(C)(C)c4ccccc4-5)c3)cccc21. The van der Waals surface area contributed by atoms with E-state index < -0.39 is 5.41 Å². The van der Waals surface area contributed by atoms with Gasteiger partial charge in [0, 0.05) is 27.8 Å². The zero-order valence-electron chi connectivity index (χ0n) is 40.3. The van der Waals surface area contributed by atoms with E-state index in [-0.39, 0.29) is 10.8 Å². The Kier molecular flexibility index (Phi) is 10.7. The average Bonchev–Trinajstić information content (AvgIpc) is 3.94. The van der Waals surface area contributed by atoms with Crippen LogP contribution in [0.4, 0.5) is 11.4 Å². The lowest BCUT2D eigenvalue weighted by Crippen LogP contribution is -2.29. The van der Waals surface area contributed by atoms with Gasteiger partial charge < -0.3 is 4.90 Å². The summed E-state index contributed by atoms with van der Waals surface area (Å²) in [5.41, 5.74) is 23.4. The van der Waals surface area contributed by atoms with Crippen molar-refractivity contribution in [1.29, 1.82) is 0 Å². The van der Waals surface area contributed by atoms with E-state index in [0.29, 0.717) is 0 Å². The van der Waals surface area contributed by atoms with Crippen molar-refractivity contribution in [3.05, 3.63) is 305 Å². The molecule has 3 aliphatic rings. The second kappa shape index (κ2) is 17.0. The van der Waals surface area contributed by atoms with Crippen molar-refractivity contribution in [2.45, 2.75) is 50.9 Å². The first kappa shape index (κ1) is 43.6. The Morgan fingerprint density at radius 2 is 1.06 bits per heavy atom. The maximum absolute atomic E-state index is 4.72. The van der Waals surface area contributed by atoms with Crippen LogP contribution in [0.1, 0.15) is 79.1 Å². The van der Waals surface area contributed by atoms with Gasteiger partial charge in [0.2, 0.25) is 0 Å². The smallest absolute Gasteiger partial charge is 0.0711 e. The van der Waals surface area contributed by atoms with Crippen LogP contribution in [0.5, 0.6) is 0 Å². The highest BCUT2D eigenvalue weighted by molar-refractivity contribution is 6.00. The number of benzene rings is 8. The number of allylic oxidation sites excluding steroid dienone is 9. The first-order chi connectivity index (χ1) is 33.7. The van der Waals surface area contributed by atoms with Crippen molar-refractivity contribution in [3.63, 3.8) is 0 Å². The van der Waals surface area contributed by atoms with Gasteiger partial charge in [-0.3, -0.25) is 0 Å². The van der Waals surface area contributed by atoms with Crippen molar-refractivity contribution < 1.29 is 0 Å². The van der Waals surface area contributed by atoms with E-state index in [1.165, 1.54) is 89.0 Å². The number of rotatable bonds is 10. The van der Waals surface area contributed by atoms with E-state index in [1.807, 2.05) is 6.08 Å². The summed E-state index contributed by atoms with van der Waals surface area (Å²) in [5.74, 6) is 0. The molecule has 0 bridgehead atoms. The van der Waals surface area contributed by atoms with Gasteiger partial charge in [-0.05, 0) is 140 Å². The molecule has 1 heteroatoms. The van der Waals surface area contributed by atoms with Crippen LogP contribution in [-0.4, -0.2) is 0 Å². The van der Waals surface area contributed by atoms with Gasteiger partial charge in [-0.15, -0.1) is 0 Å². The van der Waals surface area contributed by atoms with Crippen LogP contribution in [0.25, 0.3) is 39.0 Å². The molecule has 3 aliphatic carbocycles. The van der Waals surface area contributed by atoms with Crippen molar-refractivity contribution in [2.24, 2.45) is 0 Å². The molecule has 1 nitrogen and oxygen atoms in total. The van der Waals surface area contributed by atoms with E-state index >= 15 is 0 Å². The summed E-state index contributed by atoms with van der Waals surface area (Å²) < 4.78 is 0. The van der Waals surface area contributed by atoms with E-state index in [1.54, 1.807) is 0 Å². The van der Waals surface area contributed by atoms with Crippen molar-refractivity contribution in [1.82, 2.24) is 0 Å². The van der Waals surface area contributed by atoms with Crippen molar-refractivity contribution in [3.8, 4) is 33.4 Å². The zero-order valence-corrected chi connectivity index (χ0v) is 40.3. The van der Waals surface area contributed by atoms with Crippen LogP contribution in [-0.2, 0) is 16.2 Å². The fraction of sp³-hybridized carbons (Fsp3) is 0.118. The monoisotopic (exact) mass is 887 g/mol.